The predicted octanol–water partition coefficient (Wildman–Crippen LogP) is 5.51. The van der Waals surface area contributed by atoms with Crippen molar-refractivity contribution >= 4 is 45.3 Å². The predicted molar refractivity (Wildman–Crippen MR) is 95.3 cm³/mol. The van der Waals surface area contributed by atoms with Gasteiger partial charge in [-0.3, -0.25) is 4.99 Å². The van der Waals surface area contributed by atoms with Crippen LogP contribution in [0.3, 0.4) is 0 Å². The third-order valence-electron chi connectivity index (χ3n) is 2.75. The van der Waals surface area contributed by atoms with E-state index in [9.17, 15) is 0 Å². The maximum atomic E-state index is 4.89. The zero-order valence-electron chi connectivity index (χ0n) is 11.4. The minimum absolute atomic E-state index is 0.0958. The van der Waals surface area contributed by atoms with Crippen LogP contribution in [0.25, 0.3) is 5.70 Å². The molecule has 0 amide bonds. The van der Waals surface area contributed by atoms with Crippen molar-refractivity contribution in [1.82, 2.24) is 0 Å². The Hall–Kier alpha value is -0.680. The Kier molecular flexibility index (Phi) is 4.79. The summed E-state index contributed by atoms with van der Waals surface area (Å²) in [7, 11) is 0. The van der Waals surface area contributed by atoms with Gasteiger partial charge in [-0.05, 0) is 37.4 Å². The van der Waals surface area contributed by atoms with E-state index in [1.165, 1.54) is 4.88 Å². The van der Waals surface area contributed by atoms with Crippen LogP contribution in [0.2, 0.25) is 0 Å². The Morgan fingerprint density at radius 2 is 2.21 bits per heavy atom. The van der Waals surface area contributed by atoms with Gasteiger partial charge < -0.3 is 0 Å². The zero-order chi connectivity index (χ0) is 13.9. The van der Waals surface area contributed by atoms with Crippen molar-refractivity contribution in [2.75, 3.05) is 0 Å². The number of alkyl halides is 1. The van der Waals surface area contributed by atoms with Gasteiger partial charge in [0.25, 0.3) is 0 Å². The summed E-state index contributed by atoms with van der Waals surface area (Å²) in [6, 6.07) is 4.21. The normalized spacial score (nSPS) is 22.2. The van der Waals surface area contributed by atoms with E-state index in [2.05, 4.69) is 91.3 Å². The van der Waals surface area contributed by atoms with E-state index in [0.717, 1.165) is 11.4 Å². The molecule has 100 valence electrons. The van der Waals surface area contributed by atoms with Crippen LogP contribution in [0.4, 0.5) is 0 Å². The summed E-state index contributed by atoms with van der Waals surface area (Å²) in [6.45, 7) is 6.57. The lowest BCUT2D eigenvalue weighted by Crippen LogP contribution is -2.09. The van der Waals surface area contributed by atoms with Crippen LogP contribution in [0.1, 0.15) is 25.6 Å². The Morgan fingerprint density at radius 1 is 1.42 bits per heavy atom. The maximum absolute atomic E-state index is 4.89. The molecule has 0 N–H and O–H groups in total. The van der Waals surface area contributed by atoms with Crippen molar-refractivity contribution in [3.8, 4) is 0 Å². The molecule has 0 aromatic carbocycles. The van der Waals surface area contributed by atoms with Crippen molar-refractivity contribution in [1.29, 1.82) is 0 Å². The van der Waals surface area contributed by atoms with Gasteiger partial charge in [-0.2, -0.15) is 0 Å². The number of hydrogen-bond donors (Lipinski definition) is 0. The number of thiophene rings is 1. The molecule has 0 saturated carbocycles. The smallest absolute Gasteiger partial charge is 0.0778 e. The molecule has 0 fully saturated rings. The molecule has 1 atom stereocenters. The summed E-state index contributed by atoms with van der Waals surface area (Å²) in [5.41, 5.74) is 2.21. The first kappa shape index (κ1) is 14.7. The van der Waals surface area contributed by atoms with Crippen LogP contribution in [-0.4, -0.2) is 9.13 Å². The van der Waals surface area contributed by atoms with E-state index >= 15 is 0 Å². The van der Waals surface area contributed by atoms with Gasteiger partial charge in [0.15, 0.2) is 0 Å². The molecule has 1 unspecified atom stereocenters. The molecule has 1 aromatic heterocycles. The molecular formula is C16H18INS. The monoisotopic (exact) mass is 383 g/mol. The van der Waals surface area contributed by atoms with Gasteiger partial charge in [0, 0.05) is 15.1 Å². The Bertz CT molecular complexity index is 542. The molecule has 0 bridgehead atoms. The molecule has 0 saturated heterocycles. The van der Waals surface area contributed by atoms with E-state index in [1.807, 2.05) is 0 Å². The lowest BCUT2D eigenvalue weighted by Gasteiger charge is -2.15. The van der Waals surface area contributed by atoms with Gasteiger partial charge in [-0.25, -0.2) is 0 Å². The minimum atomic E-state index is 0.0958. The first-order valence-electron chi connectivity index (χ1n) is 6.35. The SMILES string of the molecule is CC1C=CC=C/C1=N/C(=C\C(C)(C)I)c1cccs1. The summed E-state index contributed by atoms with van der Waals surface area (Å²) < 4.78 is 0.0958. The Balaban J connectivity index is 2.40. The van der Waals surface area contributed by atoms with Crippen molar-refractivity contribution < 1.29 is 0 Å². The van der Waals surface area contributed by atoms with Gasteiger partial charge in [0.05, 0.1) is 10.6 Å². The second kappa shape index (κ2) is 6.18. The number of nitrogens with zero attached hydrogens (tertiary/aromatic N) is 1. The topological polar surface area (TPSA) is 12.4 Å². The molecule has 1 aromatic rings. The summed E-state index contributed by atoms with van der Waals surface area (Å²) in [4.78, 5) is 6.12. The van der Waals surface area contributed by atoms with Crippen molar-refractivity contribution in [2.24, 2.45) is 10.9 Å². The first-order valence-corrected chi connectivity index (χ1v) is 8.31. The number of rotatable bonds is 3. The summed E-state index contributed by atoms with van der Waals surface area (Å²) in [6.07, 6.45) is 10.7. The third kappa shape index (κ3) is 4.42. The quantitative estimate of drug-likeness (QED) is 0.482. The molecule has 3 heteroatoms. The molecule has 1 aliphatic carbocycles. The number of allylic oxidation sites excluding steroid dienone is 5. The maximum Gasteiger partial charge on any atom is 0.0778 e. The average Bonchev–Trinajstić information content (AvgIpc) is 2.83. The van der Waals surface area contributed by atoms with Crippen molar-refractivity contribution in [3.63, 3.8) is 0 Å². The standard InChI is InChI=1S/C16H18INS/c1-12-7-4-5-8-13(12)18-14(11-16(2,3)17)15-9-6-10-19-15/h4-12H,1-3H3/b14-11-,18-13-. The van der Waals surface area contributed by atoms with E-state index in [0.29, 0.717) is 5.92 Å². The van der Waals surface area contributed by atoms with Gasteiger partial charge in [-0.1, -0.05) is 53.8 Å². The zero-order valence-corrected chi connectivity index (χ0v) is 14.4. The highest BCUT2D eigenvalue weighted by atomic mass is 127. The molecule has 1 heterocycles. The van der Waals surface area contributed by atoms with Crippen LogP contribution >= 0.6 is 33.9 Å². The number of hydrogen-bond acceptors (Lipinski definition) is 2. The lowest BCUT2D eigenvalue weighted by atomic mass is 10.0. The van der Waals surface area contributed by atoms with Crippen LogP contribution in [0, 0.1) is 5.92 Å². The minimum Gasteiger partial charge on any atom is -0.252 e. The van der Waals surface area contributed by atoms with Crippen molar-refractivity contribution in [3.05, 3.63) is 52.8 Å². The molecular weight excluding hydrogens is 365 g/mol. The fourth-order valence-corrected chi connectivity index (χ4v) is 2.80. The van der Waals surface area contributed by atoms with E-state index in [4.69, 9.17) is 4.99 Å². The first-order chi connectivity index (χ1) is 8.96. The van der Waals surface area contributed by atoms with E-state index < -0.39 is 0 Å². The second-order valence-corrected chi connectivity index (χ2v) is 8.87. The van der Waals surface area contributed by atoms with Gasteiger partial charge in [0.1, 0.15) is 0 Å². The Labute approximate surface area is 133 Å². The number of halogens is 1. The molecule has 1 aliphatic rings. The molecule has 2 rings (SSSR count). The van der Waals surface area contributed by atoms with E-state index in [1.54, 1.807) is 11.3 Å². The van der Waals surface area contributed by atoms with Crippen LogP contribution in [0.15, 0.2) is 52.9 Å². The fraction of sp³-hybridized carbons (Fsp3) is 0.312. The highest BCUT2D eigenvalue weighted by Crippen LogP contribution is 2.29. The molecule has 0 spiro atoms. The highest BCUT2D eigenvalue weighted by molar-refractivity contribution is 14.1. The van der Waals surface area contributed by atoms with Crippen LogP contribution < -0.4 is 0 Å². The van der Waals surface area contributed by atoms with Gasteiger partial charge >= 0.3 is 0 Å². The summed E-state index contributed by atoms with van der Waals surface area (Å²) >= 11 is 4.18. The van der Waals surface area contributed by atoms with Crippen LogP contribution in [-0.2, 0) is 0 Å². The van der Waals surface area contributed by atoms with E-state index in [-0.39, 0.29) is 3.42 Å². The van der Waals surface area contributed by atoms with Gasteiger partial charge in [-0.15, -0.1) is 11.3 Å². The van der Waals surface area contributed by atoms with Crippen LogP contribution in [0.5, 0.6) is 0 Å². The highest BCUT2D eigenvalue weighted by Gasteiger charge is 2.14. The average molecular weight is 383 g/mol. The van der Waals surface area contributed by atoms with Gasteiger partial charge in [0.2, 0.25) is 0 Å². The summed E-state index contributed by atoms with van der Waals surface area (Å²) in [5.74, 6) is 0.380. The molecule has 1 nitrogen and oxygen atoms in total. The second-order valence-electron chi connectivity index (χ2n) is 5.14. The Morgan fingerprint density at radius 3 is 2.79 bits per heavy atom. The number of aliphatic imine (C=N–C) groups is 1. The molecule has 19 heavy (non-hydrogen) atoms. The molecule has 0 aliphatic heterocycles. The molecule has 0 radical (unpaired) electrons. The third-order valence-corrected chi connectivity index (χ3v) is 3.95. The summed E-state index contributed by atoms with van der Waals surface area (Å²) in [5, 5.41) is 2.10. The van der Waals surface area contributed by atoms with Crippen molar-refractivity contribution in [2.45, 2.75) is 24.2 Å². The fourth-order valence-electron chi connectivity index (χ4n) is 1.82. The lowest BCUT2D eigenvalue weighted by molar-refractivity contribution is 0.943. The largest absolute Gasteiger partial charge is 0.252 e.